The number of hydrogen-bond acceptors (Lipinski definition) is 1. The van der Waals surface area contributed by atoms with Gasteiger partial charge in [0.25, 0.3) is 0 Å². The molecule has 0 N–H and O–H groups in total. The summed E-state index contributed by atoms with van der Waals surface area (Å²) in [6.07, 6.45) is 0. The second-order valence-electron chi connectivity index (χ2n) is 14.3. The van der Waals surface area contributed by atoms with E-state index in [0.29, 0.717) is 5.56 Å². The third-order valence-corrected chi connectivity index (χ3v) is 10.9. The molecule has 0 radical (unpaired) electrons. The summed E-state index contributed by atoms with van der Waals surface area (Å²) in [5.41, 5.74) is 12.1. The Kier molecular flexibility index (Phi) is 6.26. The van der Waals surface area contributed by atoms with E-state index in [4.69, 9.17) is 0 Å². The van der Waals surface area contributed by atoms with Gasteiger partial charge < -0.3 is 9.47 Å². The maximum atomic E-state index is 9.74. The van der Waals surface area contributed by atoms with Crippen LogP contribution in [0.5, 0.6) is 0 Å². The van der Waals surface area contributed by atoms with Gasteiger partial charge in [0.15, 0.2) is 0 Å². The Bertz CT molecular complexity index is 3010. The van der Waals surface area contributed by atoms with Crippen LogP contribution in [0, 0.1) is 0 Å². The van der Waals surface area contributed by atoms with Gasteiger partial charge in [-0.3, -0.25) is 0 Å². The summed E-state index contributed by atoms with van der Waals surface area (Å²) in [5, 5.41) is 2.03. The zero-order valence-corrected chi connectivity index (χ0v) is 29.6. The summed E-state index contributed by atoms with van der Waals surface area (Å²) < 4.78 is 40.9. The molecule has 0 unspecified atom stereocenters. The van der Waals surface area contributed by atoms with Crippen molar-refractivity contribution in [2.45, 2.75) is 19.3 Å². The van der Waals surface area contributed by atoms with Gasteiger partial charge in [0, 0.05) is 38.8 Å². The number of hydrogen-bond donors (Lipinski definition) is 0. The van der Waals surface area contributed by atoms with E-state index in [9.17, 15) is 5.48 Å². The second-order valence-corrected chi connectivity index (χ2v) is 14.3. The normalized spacial score (nSPS) is 13.9. The van der Waals surface area contributed by atoms with Gasteiger partial charge in [-0.25, -0.2) is 0 Å². The average molecular weight is 683 g/mol. The summed E-state index contributed by atoms with van der Waals surface area (Å²) >= 11 is 0. The van der Waals surface area contributed by atoms with Crippen LogP contribution in [0.25, 0.3) is 60.9 Å². The van der Waals surface area contributed by atoms with Crippen molar-refractivity contribution in [3.63, 3.8) is 0 Å². The number of nitrogens with zero attached hydrogens (tertiary/aromatic N) is 2. The number of aromatic nitrogens is 1. The van der Waals surface area contributed by atoms with E-state index in [1.807, 2.05) is 89.8 Å². The predicted molar refractivity (Wildman–Crippen MR) is 224 cm³/mol. The van der Waals surface area contributed by atoms with Crippen LogP contribution >= 0.6 is 0 Å². The van der Waals surface area contributed by atoms with Gasteiger partial charge in [0.1, 0.15) is 0 Å². The van der Waals surface area contributed by atoms with Crippen molar-refractivity contribution < 1.29 is 5.48 Å². The molecule has 1 aliphatic rings. The van der Waals surface area contributed by atoms with Crippen molar-refractivity contribution in [1.82, 2.24) is 4.57 Å². The van der Waals surface area contributed by atoms with Crippen LogP contribution in [0.1, 0.15) is 30.5 Å². The van der Waals surface area contributed by atoms with Crippen LogP contribution in [0.2, 0.25) is 0 Å². The van der Waals surface area contributed by atoms with Crippen molar-refractivity contribution in [2.24, 2.45) is 0 Å². The number of benzene rings is 8. The Morgan fingerprint density at radius 3 is 1.91 bits per heavy atom. The van der Waals surface area contributed by atoms with Crippen molar-refractivity contribution in [2.75, 3.05) is 4.90 Å². The van der Waals surface area contributed by atoms with E-state index in [-0.39, 0.29) is 40.8 Å². The van der Waals surface area contributed by atoms with Crippen LogP contribution in [-0.2, 0) is 5.41 Å². The molecule has 1 aromatic heterocycles. The average Bonchev–Trinajstić information content (AvgIpc) is 3.70. The maximum absolute atomic E-state index is 9.74. The lowest BCUT2D eigenvalue weighted by Crippen LogP contribution is -2.16. The molecule has 53 heavy (non-hydrogen) atoms. The fourth-order valence-corrected chi connectivity index (χ4v) is 8.30. The molecule has 0 saturated heterocycles. The highest BCUT2D eigenvalue weighted by atomic mass is 15.1. The molecular weight excluding hydrogens is 641 g/mol. The maximum Gasteiger partial charge on any atom is 0.0645 e. The zero-order chi connectivity index (χ0) is 39.0. The van der Waals surface area contributed by atoms with Crippen molar-refractivity contribution in [3.8, 4) is 39.1 Å². The standard InChI is InChI=1S/C51H38N2/c1-51(2)46-22-12-9-20-42(46)43-31-30-40(34-47(43)51)52(48-23-13-10-19-41(48)36-15-5-3-6-16-36)39-28-25-35(26-29-39)37-27-32-50-45(33-37)44-21-11-14-24-49(44)53(50)38-17-7-4-8-18-38/h3-34H,1-2H3/i25D,26D,28D,29D. The number of rotatable bonds is 6. The Morgan fingerprint density at radius 1 is 0.453 bits per heavy atom. The minimum absolute atomic E-state index is 0.0896. The minimum atomic E-state index is -0.284. The third kappa shape index (κ3) is 5.02. The summed E-state index contributed by atoms with van der Waals surface area (Å²) in [4.78, 5) is 1.93. The van der Waals surface area contributed by atoms with Crippen LogP contribution < -0.4 is 4.90 Å². The first-order valence-electron chi connectivity index (χ1n) is 20.1. The molecule has 1 aliphatic carbocycles. The van der Waals surface area contributed by atoms with E-state index in [2.05, 4.69) is 103 Å². The fraction of sp³-hybridized carbons (Fsp3) is 0.0588. The highest BCUT2D eigenvalue weighted by Crippen LogP contribution is 2.51. The van der Waals surface area contributed by atoms with E-state index in [0.717, 1.165) is 61.1 Å². The fourth-order valence-electron chi connectivity index (χ4n) is 8.30. The predicted octanol–water partition coefficient (Wildman–Crippen LogP) is 13.9. The highest BCUT2D eigenvalue weighted by molar-refractivity contribution is 6.10. The summed E-state index contributed by atoms with van der Waals surface area (Å²) in [5.74, 6) is 0. The van der Waals surface area contributed by atoms with Crippen LogP contribution in [-0.4, -0.2) is 4.57 Å². The lowest BCUT2D eigenvalue weighted by molar-refractivity contribution is 0.660. The van der Waals surface area contributed by atoms with Gasteiger partial charge in [0.05, 0.1) is 22.2 Å². The number of fused-ring (bicyclic) bond motifs is 6. The van der Waals surface area contributed by atoms with Gasteiger partial charge in [-0.15, -0.1) is 0 Å². The van der Waals surface area contributed by atoms with E-state index >= 15 is 0 Å². The summed E-state index contributed by atoms with van der Waals surface area (Å²) in [6, 6.07) is 57.1. The monoisotopic (exact) mass is 682 g/mol. The SMILES string of the molecule is [2H]c1c([2H])c(N(c2ccc3c(c2)C(C)(C)c2ccccc2-3)c2ccccc2-c2ccccc2)c([2H])c([2H])c1-c1ccc2c(c1)c1ccccc1n2-c1ccccc1. The molecule has 0 saturated carbocycles. The largest absolute Gasteiger partial charge is 0.310 e. The van der Waals surface area contributed by atoms with Gasteiger partial charge in [-0.1, -0.05) is 147 Å². The molecule has 2 heteroatoms. The molecule has 1 heterocycles. The van der Waals surface area contributed by atoms with E-state index in [1.165, 1.54) is 11.1 Å². The lowest BCUT2D eigenvalue weighted by atomic mass is 9.82. The third-order valence-electron chi connectivity index (χ3n) is 10.9. The topological polar surface area (TPSA) is 8.17 Å². The number of anilines is 3. The molecule has 0 aliphatic heterocycles. The minimum Gasteiger partial charge on any atom is -0.310 e. The lowest BCUT2D eigenvalue weighted by Gasteiger charge is -2.30. The molecule has 10 rings (SSSR count). The molecule has 252 valence electrons. The second kappa shape index (κ2) is 12.3. The first-order chi connectivity index (χ1) is 27.7. The molecule has 0 spiro atoms. The zero-order valence-electron chi connectivity index (χ0n) is 33.6. The summed E-state index contributed by atoms with van der Waals surface area (Å²) in [6.45, 7) is 4.48. The molecule has 2 nitrogen and oxygen atoms in total. The van der Waals surface area contributed by atoms with Crippen LogP contribution in [0.15, 0.2) is 194 Å². The molecule has 0 amide bonds. The molecule has 8 aromatic carbocycles. The van der Waals surface area contributed by atoms with Gasteiger partial charge in [-0.05, 0) is 99.6 Å². The Labute approximate surface area is 316 Å². The van der Waals surface area contributed by atoms with Crippen molar-refractivity contribution in [3.05, 3.63) is 205 Å². The Hall–Kier alpha value is -6.64. The van der Waals surface area contributed by atoms with Crippen molar-refractivity contribution >= 4 is 38.9 Å². The molecule has 9 aromatic rings. The molecule has 0 fully saturated rings. The van der Waals surface area contributed by atoms with E-state index in [1.54, 1.807) is 0 Å². The Morgan fingerprint density at radius 2 is 1.09 bits per heavy atom. The number of para-hydroxylation sites is 3. The smallest absolute Gasteiger partial charge is 0.0645 e. The van der Waals surface area contributed by atoms with Crippen LogP contribution in [0.3, 0.4) is 0 Å². The first kappa shape index (κ1) is 27.1. The highest BCUT2D eigenvalue weighted by Gasteiger charge is 2.35. The van der Waals surface area contributed by atoms with Gasteiger partial charge in [-0.2, -0.15) is 0 Å². The summed E-state index contributed by atoms with van der Waals surface area (Å²) in [7, 11) is 0. The van der Waals surface area contributed by atoms with Gasteiger partial charge in [0.2, 0.25) is 0 Å². The Balaban J connectivity index is 1.20. The molecule has 0 bridgehead atoms. The van der Waals surface area contributed by atoms with Gasteiger partial charge >= 0.3 is 0 Å². The molecule has 0 atom stereocenters. The van der Waals surface area contributed by atoms with Crippen LogP contribution in [0.4, 0.5) is 17.1 Å². The quantitative estimate of drug-likeness (QED) is 0.169. The molecular formula is C51H38N2. The first-order valence-corrected chi connectivity index (χ1v) is 18.1. The van der Waals surface area contributed by atoms with E-state index < -0.39 is 0 Å². The van der Waals surface area contributed by atoms with Crippen molar-refractivity contribution in [1.29, 1.82) is 0 Å².